The van der Waals surface area contributed by atoms with Crippen LogP contribution in [0.2, 0.25) is 0 Å². The molecule has 2 N–H and O–H groups in total. The Balaban J connectivity index is 2.14. The SMILES string of the molecule is COc1ccc(NCc2ccc(O)c(Br)c2)cc1[N+](=O)[O-]. The number of halogens is 1. The van der Waals surface area contributed by atoms with Gasteiger partial charge in [-0.25, -0.2) is 0 Å². The number of ether oxygens (including phenoxy) is 1. The number of methoxy groups -OCH3 is 1. The number of nitro benzene ring substituents is 1. The number of benzene rings is 2. The van der Waals surface area contributed by atoms with Gasteiger partial charge in [0.2, 0.25) is 0 Å². The number of anilines is 1. The van der Waals surface area contributed by atoms with Crippen LogP contribution >= 0.6 is 15.9 Å². The Hall–Kier alpha value is -2.28. The highest BCUT2D eigenvalue weighted by molar-refractivity contribution is 9.10. The van der Waals surface area contributed by atoms with Gasteiger partial charge in [0.15, 0.2) is 5.75 Å². The van der Waals surface area contributed by atoms with E-state index in [1.807, 2.05) is 0 Å². The number of aromatic hydroxyl groups is 1. The van der Waals surface area contributed by atoms with E-state index in [1.165, 1.54) is 13.2 Å². The average Bonchev–Trinajstić information content (AvgIpc) is 2.48. The van der Waals surface area contributed by atoms with E-state index in [9.17, 15) is 15.2 Å². The van der Waals surface area contributed by atoms with Gasteiger partial charge in [-0.05, 0) is 45.8 Å². The monoisotopic (exact) mass is 352 g/mol. The maximum absolute atomic E-state index is 11.0. The van der Waals surface area contributed by atoms with Gasteiger partial charge in [-0.3, -0.25) is 10.1 Å². The lowest BCUT2D eigenvalue weighted by Crippen LogP contribution is -2.01. The molecule has 0 aliphatic carbocycles. The maximum Gasteiger partial charge on any atom is 0.312 e. The summed E-state index contributed by atoms with van der Waals surface area (Å²) in [7, 11) is 1.39. The number of hydrogen-bond donors (Lipinski definition) is 2. The summed E-state index contributed by atoms with van der Waals surface area (Å²) in [5.41, 5.74) is 1.46. The second-order valence-electron chi connectivity index (χ2n) is 4.28. The molecule has 0 spiro atoms. The summed E-state index contributed by atoms with van der Waals surface area (Å²) >= 11 is 3.24. The van der Waals surface area contributed by atoms with Crippen molar-refractivity contribution in [2.24, 2.45) is 0 Å². The quantitative estimate of drug-likeness (QED) is 0.633. The predicted molar refractivity (Wildman–Crippen MR) is 82.8 cm³/mol. The summed E-state index contributed by atoms with van der Waals surface area (Å²) in [6.45, 7) is 0.475. The van der Waals surface area contributed by atoms with E-state index < -0.39 is 4.92 Å². The molecule has 2 aromatic carbocycles. The van der Waals surface area contributed by atoms with Crippen LogP contribution in [-0.4, -0.2) is 17.1 Å². The fourth-order valence-corrected chi connectivity index (χ4v) is 2.23. The van der Waals surface area contributed by atoms with Gasteiger partial charge in [-0.1, -0.05) is 6.07 Å². The van der Waals surface area contributed by atoms with Gasteiger partial charge in [0, 0.05) is 18.3 Å². The second-order valence-corrected chi connectivity index (χ2v) is 5.14. The van der Waals surface area contributed by atoms with Gasteiger partial charge in [0.25, 0.3) is 0 Å². The van der Waals surface area contributed by atoms with Crippen LogP contribution in [0.5, 0.6) is 11.5 Å². The first-order valence-corrected chi connectivity index (χ1v) is 6.84. The third kappa shape index (κ3) is 3.63. The Morgan fingerprint density at radius 2 is 2.10 bits per heavy atom. The van der Waals surface area contributed by atoms with Gasteiger partial charge in [0.05, 0.1) is 16.5 Å². The maximum atomic E-state index is 11.0. The molecule has 0 aromatic heterocycles. The molecule has 21 heavy (non-hydrogen) atoms. The Labute approximate surface area is 129 Å². The van der Waals surface area contributed by atoms with E-state index in [0.717, 1.165) is 5.56 Å². The van der Waals surface area contributed by atoms with Crippen molar-refractivity contribution in [1.82, 2.24) is 0 Å². The molecule has 0 heterocycles. The molecular formula is C14H13BrN2O4. The molecule has 0 saturated heterocycles. The number of nitrogens with zero attached hydrogens (tertiary/aromatic N) is 1. The van der Waals surface area contributed by atoms with Crippen LogP contribution in [0.25, 0.3) is 0 Å². The fourth-order valence-electron chi connectivity index (χ4n) is 1.81. The molecule has 0 atom stereocenters. The van der Waals surface area contributed by atoms with Crippen molar-refractivity contribution in [3.8, 4) is 11.5 Å². The minimum Gasteiger partial charge on any atom is -0.507 e. The van der Waals surface area contributed by atoms with Crippen LogP contribution in [0.15, 0.2) is 40.9 Å². The standard InChI is InChI=1S/C14H13BrN2O4/c1-21-14-5-3-10(7-12(14)17(19)20)16-8-9-2-4-13(18)11(15)6-9/h2-7,16,18H,8H2,1H3. The van der Waals surface area contributed by atoms with Gasteiger partial charge in [0.1, 0.15) is 5.75 Å². The summed E-state index contributed by atoms with van der Waals surface area (Å²) < 4.78 is 5.55. The molecule has 2 rings (SSSR count). The number of nitrogens with one attached hydrogen (secondary N) is 1. The lowest BCUT2D eigenvalue weighted by Gasteiger charge is -2.09. The Morgan fingerprint density at radius 1 is 1.33 bits per heavy atom. The zero-order chi connectivity index (χ0) is 15.4. The minimum absolute atomic E-state index is 0.0885. The summed E-state index contributed by atoms with van der Waals surface area (Å²) in [6.07, 6.45) is 0. The van der Waals surface area contributed by atoms with E-state index in [0.29, 0.717) is 16.7 Å². The van der Waals surface area contributed by atoms with E-state index in [4.69, 9.17) is 4.74 Å². The molecule has 0 aliphatic rings. The van der Waals surface area contributed by atoms with Crippen molar-refractivity contribution in [3.63, 3.8) is 0 Å². The summed E-state index contributed by atoms with van der Waals surface area (Å²) in [6, 6.07) is 9.81. The summed E-state index contributed by atoms with van der Waals surface area (Å²) in [4.78, 5) is 10.5. The number of hydrogen-bond acceptors (Lipinski definition) is 5. The lowest BCUT2D eigenvalue weighted by atomic mass is 10.2. The number of phenols is 1. The second kappa shape index (κ2) is 6.45. The van der Waals surface area contributed by atoms with Crippen molar-refractivity contribution in [2.45, 2.75) is 6.54 Å². The van der Waals surface area contributed by atoms with Gasteiger partial charge >= 0.3 is 5.69 Å². The largest absolute Gasteiger partial charge is 0.507 e. The Morgan fingerprint density at radius 3 is 2.71 bits per heavy atom. The van der Waals surface area contributed by atoms with Crippen molar-refractivity contribution in [3.05, 3.63) is 56.5 Å². The number of phenolic OH excluding ortho intramolecular Hbond substituents is 1. The Bertz CT molecular complexity index is 676. The molecule has 0 saturated carbocycles. The van der Waals surface area contributed by atoms with Crippen molar-refractivity contribution >= 4 is 27.3 Å². The number of rotatable bonds is 5. The van der Waals surface area contributed by atoms with Crippen LogP contribution in [0.4, 0.5) is 11.4 Å². The third-order valence-corrected chi connectivity index (χ3v) is 3.52. The first-order chi connectivity index (χ1) is 10.0. The zero-order valence-electron chi connectivity index (χ0n) is 11.2. The first-order valence-electron chi connectivity index (χ1n) is 6.05. The average molecular weight is 353 g/mol. The lowest BCUT2D eigenvalue weighted by molar-refractivity contribution is -0.385. The van der Waals surface area contributed by atoms with Crippen LogP contribution < -0.4 is 10.1 Å². The normalized spacial score (nSPS) is 10.2. The molecule has 0 unspecified atom stereocenters. The van der Waals surface area contributed by atoms with Gasteiger partial charge in [-0.2, -0.15) is 0 Å². The van der Waals surface area contributed by atoms with E-state index >= 15 is 0 Å². The summed E-state index contributed by atoms with van der Waals surface area (Å²) in [5, 5.41) is 23.5. The number of nitro groups is 1. The topological polar surface area (TPSA) is 84.6 Å². The van der Waals surface area contributed by atoms with Crippen LogP contribution in [0.3, 0.4) is 0 Å². The van der Waals surface area contributed by atoms with Crippen molar-refractivity contribution in [1.29, 1.82) is 0 Å². The predicted octanol–water partition coefficient (Wildman–Crippen LogP) is 3.68. The van der Waals surface area contributed by atoms with E-state index in [1.54, 1.807) is 30.3 Å². The fraction of sp³-hybridized carbons (Fsp3) is 0.143. The molecule has 110 valence electrons. The molecule has 0 amide bonds. The Kier molecular flexibility index (Phi) is 4.64. The zero-order valence-corrected chi connectivity index (χ0v) is 12.8. The highest BCUT2D eigenvalue weighted by atomic mass is 79.9. The molecule has 7 heteroatoms. The smallest absolute Gasteiger partial charge is 0.312 e. The summed E-state index contributed by atoms with van der Waals surface area (Å²) in [5.74, 6) is 0.386. The molecule has 0 radical (unpaired) electrons. The van der Waals surface area contributed by atoms with Crippen LogP contribution in [0, 0.1) is 10.1 Å². The van der Waals surface area contributed by atoms with Crippen molar-refractivity contribution < 1.29 is 14.8 Å². The third-order valence-electron chi connectivity index (χ3n) is 2.88. The van der Waals surface area contributed by atoms with Crippen LogP contribution in [-0.2, 0) is 6.54 Å². The van der Waals surface area contributed by atoms with Crippen molar-refractivity contribution in [2.75, 3.05) is 12.4 Å². The van der Waals surface area contributed by atoms with E-state index in [2.05, 4.69) is 21.2 Å². The van der Waals surface area contributed by atoms with Gasteiger partial charge < -0.3 is 15.2 Å². The van der Waals surface area contributed by atoms with Gasteiger partial charge in [-0.15, -0.1) is 0 Å². The highest BCUT2D eigenvalue weighted by Crippen LogP contribution is 2.30. The molecule has 0 bridgehead atoms. The first kappa shape index (κ1) is 15.1. The molecule has 2 aromatic rings. The minimum atomic E-state index is -0.485. The highest BCUT2D eigenvalue weighted by Gasteiger charge is 2.15. The molecular weight excluding hydrogens is 340 g/mol. The molecule has 6 nitrogen and oxygen atoms in total. The molecule has 0 fully saturated rings. The molecule has 0 aliphatic heterocycles. The van der Waals surface area contributed by atoms with Crippen LogP contribution in [0.1, 0.15) is 5.56 Å². The van der Waals surface area contributed by atoms with E-state index in [-0.39, 0.29) is 17.2 Å².